The number of hydrogen-bond donors (Lipinski definition) is 0. The second-order valence-corrected chi connectivity index (χ2v) is 13.5. The lowest BCUT2D eigenvalue weighted by Gasteiger charge is -2.25. The van der Waals surface area contributed by atoms with Crippen LogP contribution in [0.5, 0.6) is 0 Å². The summed E-state index contributed by atoms with van der Waals surface area (Å²) >= 11 is 1.93. The average Bonchev–Trinajstić information content (AvgIpc) is 3.13. The van der Waals surface area contributed by atoms with Crippen molar-refractivity contribution in [2.75, 3.05) is 0 Å². The molecular weight excluding hydrogens is 575 g/mol. The normalized spacial score (nSPS) is 12.3. The molecule has 11 rings (SSSR count). The smallest absolute Gasteiger partial charge is 0.0720 e. The van der Waals surface area contributed by atoms with E-state index in [2.05, 4.69) is 156 Å². The maximum Gasteiger partial charge on any atom is 0.0720 e. The molecule has 0 N–H and O–H groups in total. The zero-order chi connectivity index (χ0) is 29.9. The van der Waals surface area contributed by atoms with Crippen LogP contribution in [-0.2, 0) is 0 Å². The van der Waals surface area contributed by atoms with E-state index in [0.717, 1.165) is 0 Å². The maximum atomic E-state index is 2.63. The summed E-state index contributed by atoms with van der Waals surface area (Å²) < 4.78 is 5.26. The first-order valence-corrected chi connectivity index (χ1v) is 16.7. The molecule has 0 saturated carbocycles. The molecule has 0 aliphatic carbocycles. The van der Waals surface area contributed by atoms with Gasteiger partial charge in [-0.1, -0.05) is 127 Å². The molecule has 0 spiro atoms. The van der Waals surface area contributed by atoms with E-state index in [-0.39, 0.29) is 0 Å². The van der Waals surface area contributed by atoms with Gasteiger partial charge in [0.2, 0.25) is 0 Å². The summed E-state index contributed by atoms with van der Waals surface area (Å²) in [5.41, 5.74) is 11.5. The molecule has 3 heterocycles. The van der Waals surface area contributed by atoms with E-state index in [1.165, 1.54) is 102 Å². The third-order valence-electron chi connectivity index (χ3n) is 10.1. The minimum atomic E-state index is 1.24. The van der Waals surface area contributed by atoms with Crippen LogP contribution >= 0.6 is 11.3 Å². The van der Waals surface area contributed by atoms with Gasteiger partial charge < -0.3 is 4.40 Å². The van der Waals surface area contributed by atoms with Gasteiger partial charge in [0.15, 0.2) is 0 Å². The quantitative estimate of drug-likeness (QED) is 0.141. The van der Waals surface area contributed by atoms with Crippen molar-refractivity contribution >= 4 is 80.4 Å². The molecule has 0 bridgehead atoms. The Balaban J connectivity index is 1.46. The van der Waals surface area contributed by atoms with E-state index in [9.17, 15) is 0 Å². The molecule has 11 aromatic rings. The Morgan fingerprint density at radius 3 is 1.24 bits per heavy atom. The lowest BCUT2D eigenvalue weighted by Crippen LogP contribution is -2.03. The lowest BCUT2D eigenvalue weighted by molar-refractivity contribution is 1.35. The Labute approximate surface area is 268 Å². The predicted molar refractivity (Wildman–Crippen MR) is 199 cm³/mol. The van der Waals surface area contributed by atoms with Gasteiger partial charge in [-0.25, -0.2) is 0 Å². The molecule has 0 fully saturated rings. The zero-order valence-electron chi connectivity index (χ0n) is 24.8. The Bertz CT molecular complexity index is 2750. The Morgan fingerprint density at radius 1 is 0.326 bits per heavy atom. The monoisotopic (exact) mass is 599 g/mol. The van der Waals surface area contributed by atoms with E-state index in [0.29, 0.717) is 0 Å². The predicted octanol–water partition coefficient (Wildman–Crippen LogP) is 12.8. The van der Waals surface area contributed by atoms with Crippen molar-refractivity contribution in [3.8, 4) is 33.4 Å². The zero-order valence-corrected chi connectivity index (χ0v) is 25.6. The van der Waals surface area contributed by atoms with Gasteiger partial charge in [0, 0.05) is 21.5 Å². The highest BCUT2D eigenvalue weighted by Gasteiger charge is 2.25. The van der Waals surface area contributed by atoms with Gasteiger partial charge in [-0.3, -0.25) is 0 Å². The molecule has 46 heavy (non-hydrogen) atoms. The standard InChI is InChI=1S/C44H25NS/c1-4-12-26(13-5-1)29-22-36-32-20-10-18-30-34(27-14-6-2-7-15-27)24-38-43(40(30)32)45-42(36)37(23-29)33-21-11-19-31-35(28-16-8-3-9-17-28)25-39(46-38)44(45)41(31)33/h1-25H. The van der Waals surface area contributed by atoms with Crippen LogP contribution < -0.4 is 0 Å². The van der Waals surface area contributed by atoms with E-state index in [1.54, 1.807) is 0 Å². The second kappa shape index (κ2) is 8.94. The van der Waals surface area contributed by atoms with E-state index < -0.39 is 0 Å². The van der Waals surface area contributed by atoms with Gasteiger partial charge in [-0.05, 0) is 79.2 Å². The Morgan fingerprint density at radius 2 is 0.761 bits per heavy atom. The largest absolute Gasteiger partial charge is 0.305 e. The van der Waals surface area contributed by atoms with Crippen LogP contribution in [0.1, 0.15) is 0 Å². The van der Waals surface area contributed by atoms with E-state index in [1.807, 2.05) is 11.3 Å². The van der Waals surface area contributed by atoms with E-state index in [4.69, 9.17) is 0 Å². The summed E-state index contributed by atoms with van der Waals surface area (Å²) in [6.07, 6.45) is 0. The third kappa shape index (κ3) is 3.14. The molecule has 0 amide bonds. The summed E-state index contributed by atoms with van der Waals surface area (Å²) in [5.74, 6) is 0. The Hall–Kier alpha value is -5.70. The van der Waals surface area contributed by atoms with Crippen molar-refractivity contribution in [3.05, 3.63) is 152 Å². The van der Waals surface area contributed by atoms with Crippen molar-refractivity contribution in [2.24, 2.45) is 0 Å². The minimum absolute atomic E-state index is 1.24. The third-order valence-corrected chi connectivity index (χ3v) is 11.1. The van der Waals surface area contributed by atoms with Crippen LogP contribution in [-0.4, -0.2) is 4.40 Å². The van der Waals surface area contributed by atoms with Crippen molar-refractivity contribution in [1.82, 2.24) is 4.40 Å². The highest BCUT2D eigenvalue weighted by Crippen LogP contribution is 2.51. The van der Waals surface area contributed by atoms with Crippen LogP contribution in [0.15, 0.2) is 152 Å². The highest BCUT2D eigenvalue weighted by atomic mass is 32.1. The van der Waals surface area contributed by atoms with E-state index >= 15 is 0 Å². The van der Waals surface area contributed by atoms with Crippen molar-refractivity contribution < 1.29 is 0 Å². The fourth-order valence-corrected chi connectivity index (χ4v) is 9.33. The van der Waals surface area contributed by atoms with Gasteiger partial charge in [-0.15, -0.1) is 11.3 Å². The first-order valence-electron chi connectivity index (χ1n) is 15.9. The van der Waals surface area contributed by atoms with Gasteiger partial charge in [-0.2, -0.15) is 0 Å². The highest BCUT2D eigenvalue weighted by molar-refractivity contribution is 7.24. The second-order valence-electron chi connectivity index (χ2n) is 12.5. The Kier molecular flexibility index (Phi) is 4.78. The number of rotatable bonds is 3. The number of nitrogens with zero attached hydrogens (tertiary/aromatic N) is 1. The molecule has 0 aliphatic rings. The number of benzene rings is 8. The van der Waals surface area contributed by atoms with Crippen LogP contribution in [0, 0.1) is 0 Å². The van der Waals surface area contributed by atoms with Crippen molar-refractivity contribution in [2.45, 2.75) is 0 Å². The summed E-state index contributed by atoms with van der Waals surface area (Å²) in [4.78, 5) is 0. The first kappa shape index (κ1) is 24.6. The summed E-state index contributed by atoms with van der Waals surface area (Å²) in [6, 6.07) is 56.2. The number of hydrogen-bond acceptors (Lipinski definition) is 1. The molecule has 8 aromatic carbocycles. The molecule has 0 radical (unpaired) electrons. The summed E-state index contributed by atoms with van der Waals surface area (Å²) in [5, 5.41) is 10.5. The molecule has 0 aliphatic heterocycles. The van der Waals surface area contributed by atoms with Gasteiger partial charge in [0.05, 0.1) is 25.9 Å². The molecule has 0 saturated heterocycles. The lowest BCUT2D eigenvalue weighted by atomic mass is 9.88. The maximum absolute atomic E-state index is 2.63. The molecule has 0 atom stereocenters. The number of pyridine rings is 2. The minimum Gasteiger partial charge on any atom is -0.305 e. The molecule has 1 nitrogen and oxygen atoms in total. The van der Waals surface area contributed by atoms with Gasteiger partial charge in [0.1, 0.15) is 0 Å². The topological polar surface area (TPSA) is 4.41 Å². The molecule has 2 heteroatoms. The summed E-state index contributed by atoms with van der Waals surface area (Å²) in [6.45, 7) is 0. The van der Waals surface area contributed by atoms with Crippen molar-refractivity contribution in [3.63, 3.8) is 0 Å². The van der Waals surface area contributed by atoms with Crippen LogP contribution in [0.4, 0.5) is 0 Å². The fourth-order valence-electron chi connectivity index (χ4n) is 8.16. The first-order chi connectivity index (χ1) is 22.8. The average molecular weight is 600 g/mol. The van der Waals surface area contributed by atoms with Crippen LogP contribution in [0.25, 0.3) is 102 Å². The number of aromatic nitrogens is 1. The molecule has 212 valence electrons. The van der Waals surface area contributed by atoms with Gasteiger partial charge in [0.25, 0.3) is 0 Å². The van der Waals surface area contributed by atoms with Crippen LogP contribution in [0.3, 0.4) is 0 Å². The summed E-state index contributed by atoms with van der Waals surface area (Å²) in [7, 11) is 0. The molecule has 0 unspecified atom stereocenters. The van der Waals surface area contributed by atoms with Crippen molar-refractivity contribution in [1.29, 1.82) is 0 Å². The fraction of sp³-hybridized carbons (Fsp3) is 0. The molecular formula is C44H25NS. The molecule has 3 aromatic heterocycles. The van der Waals surface area contributed by atoms with Gasteiger partial charge >= 0.3 is 0 Å². The van der Waals surface area contributed by atoms with Crippen LogP contribution in [0.2, 0.25) is 0 Å². The number of fused-ring (bicyclic) bond motifs is 2. The SMILES string of the molecule is c1ccc(-c2cc3c4cccc5c(-c6ccccc6)cc6sc7cc(-c8ccccc8)c8cccc9c(c2)c3n(c6c54)c7c89)cc1.